The van der Waals surface area contributed by atoms with Gasteiger partial charge in [0.05, 0.1) is 0 Å². The minimum absolute atomic E-state index is 0.0951. The van der Waals surface area contributed by atoms with Crippen molar-refractivity contribution < 1.29 is 19.2 Å². The van der Waals surface area contributed by atoms with Gasteiger partial charge in [-0.25, -0.2) is 4.79 Å². The van der Waals surface area contributed by atoms with Crippen molar-refractivity contribution in [1.29, 1.82) is 0 Å². The number of benzene rings is 1. The van der Waals surface area contributed by atoms with Crippen LogP contribution in [0.15, 0.2) is 55.6 Å². The summed E-state index contributed by atoms with van der Waals surface area (Å²) in [5, 5.41) is 11.7. The molecule has 0 spiro atoms. The van der Waals surface area contributed by atoms with E-state index in [4.69, 9.17) is 4.74 Å². The Morgan fingerprint density at radius 3 is 2.44 bits per heavy atom. The van der Waals surface area contributed by atoms with Crippen molar-refractivity contribution in [2.75, 3.05) is 6.54 Å². The zero-order chi connectivity index (χ0) is 19.9. The average Bonchev–Trinajstić information content (AvgIpc) is 3.15. The summed E-state index contributed by atoms with van der Waals surface area (Å²) in [5.74, 6) is -1.23. The van der Waals surface area contributed by atoms with Gasteiger partial charge in [-0.05, 0) is 18.4 Å². The molecule has 144 valence electrons. The minimum Gasteiger partial charge on any atom is -0.459 e. The summed E-state index contributed by atoms with van der Waals surface area (Å²) >= 11 is 0. The van der Waals surface area contributed by atoms with Gasteiger partial charge in [-0.15, -0.1) is 13.2 Å². The first-order valence-electron chi connectivity index (χ1n) is 8.84. The van der Waals surface area contributed by atoms with E-state index in [0.29, 0.717) is 12.8 Å². The molecule has 1 heterocycles. The Hall–Kier alpha value is -2.96. The van der Waals surface area contributed by atoms with Crippen molar-refractivity contribution in [1.82, 2.24) is 4.90 Å². The molecule has 0 unspecified atom stereocenters. The SMILES string of the molecule is C=CCC(CC=C)(C(=O)N1CCC[C@H]1C(=O)OCc1ccccc1)[N+](=O)[O-]. The van der Waals surface area contributed by atoms with Crippen LogP contribution in [0.25, 0.3) is 0 Å². The van der Waals surface area contributed by atoms with E-state index in [9.17, 15) is 19.7 Å². The maximum Gasteiger partial charge on any atom is 0.329 e. The number of amides is 1. The van der Waals surface area contributed by atoms with Crippen molar-refractivity contribution in [3.8, 4) is 0 Å². The molecule has 1 aromatic carbocycles. The van der Waals surface area contributed by atoms with Gasteiger partial charge in [-0.2, -0.15) is 0 Å². The number of carbonyl (C=O) groups is 2. The summed E-state index contributed by atoms with van der Waals surface area (Å²) < 4.78 is 5.34. The Balaban J connectivity index is 2.16. The molecule has 1 fully saturated rings. The second kappa shape index (κ2) is 9.12. The molecule has 0 N–H and O–H groups in total. The predicted octanol–water partition coefficient (Wildman–Crippen LogP) is 2.89. The van der Waals surface area contributed by atoms with E-state index in [1.54, 1.807) is 0 Å². The molecule has 1 aromatic rings. The number of esters is 1. The molecule has 1 saturated heterocycles. The van der Waals surface area contributed by atoms with Gasteiger partial charge < -0.3 is 9.64 Å². The molecule has 27 heavy (non-hydrogen) atoms. The first-order chi connectivity index (χ1) is 13.0. The highest BCUT2D eigenvalue weighted by Crippen LogP contribution is 2.29. The van der Waals surface area contributed by atoms with Gasteiger partial charge in [0.1, 0.15) is 12.6 Å². The molecule has 0 aliphatic carbocycles. The maximum absolute atomic E-state index is 13.1. The molecule has 0 bridgehead atoms. The number of ether oxygens (including phenoxy) is 1. The number of carbonyl (C=O) groups excluding carboxylic acids is 2. The van der Waals surface area contributed by atoms with Crippen molar-refractivity contribution >= 4 is 11.9 Å². The van der Waals surface area contributed by atoms with Gasteiger partial charge in [0, 0.05) is 24.3 Å². The van der Waals surface area contributed by atoms with Crippen LogP contribution in [0.4, 0.5) is 0 Å². The smallest absolute Gasteiger partial charge is 0.329 e. The van der Waals surface area contributed by atoms with E-state index in [1.165, 1.54) is 17.1 Å². The van der Waals surface area contributed by atoms with Crippen LogP contribution in [0.1, 0.15) is 31.2 Å². The van der Waals surface area contributed by atoms with E-state index in [0.717, 1.165) is 5.56 Å². The lowest BCUT2D eigenvalue weighted by Gasteiger charge is -2.30. The summed E-state index contributed by atoms with van der Waals surface area (Å²) in [6.45, 7) is 7.45. The van der Waals surface area contributed by atoms with Crippen LogP contribution in [0.3, 0.4) is 0 Å². The largest absolute Gasteiger partial charge is 0.459 e. The Bertz CT molecular complexity index is 706. The van der Waals surface area contributed by atoms with Crippen LogP contribution >= 0.6 is 0 Å². The zero-order valence-electron chi connectivity index (χ0n) is 15.2. The topological polar surface area (TPSA) is 89.8 Å². The maximum atomic E-state index is 13.1. The standard InChI is InChI=1S/C20H24N2O5/c1-3-12-20(13-4-2,22(25)26)19(24)21-14-8-11-17(21)18(23)27-15-16-9-6-5-7-10-16/h3-7,9-10,17H,1-2,8,11-15H2/t17-/m0/s1. The molecule has 1 aliphatic rings. The normalized spacial score (nSPS) is 16.6. The third-order valence-electron chi connectivity index (χ3n) is 4.72. The molecule has 1 atom stereocenters. The van der Waals surface area contributed by atoms with Crippen LogP contribution in [0.5, 0.6) is 0 Å². The van der Waals surface area contributed by atoms with Crippen molar-refractivity contribution in [2.45, 2.75) is 43.9 Å². The third-order valence-corrected chi connectivity index (χ3v) is 4.72. The van der Waals surface area contributed by atoms with E-state index in [1.807, 2.05) is 30.3 Å². The van der Waals surface area contributed by atoms with Crippen LogP contribution in [0.2, 0.25) is 0 Å². The Kier molecular flexibility index (Phi) is 6.87. The first-order valence-corrected chi connectivity index (χ1v) is 8.84. The summed E-state index contributed by atoms with van der Waals surface area (Å²) in [7, 11) is 0. The molecule has 1 amide bonds. The zero-order valence-corrected chi connectivity index (χ0v) is 15.2. The Labute approximate surface area is 158 Å². The molecule has 0 radical (unpaired) electrons. The summed E-state index contributed by atoms with van der Waals surface area (Å²) in [6, 6.07) is 8.39. The fourth-order valence-electron chi connectivity index (χ4n) is 3.31. The van der Waals surface area contributed by atoms with Crippen molar-refractivity contribution in [3.05, 3.63) is 71.3 Å². The van der Waals surface area contributed by atoms with Crippen molar-refractivity contribution in [2.24, 2.45) is 0 Å². The van der Waals surface area contributed by atoms with Gasteiger partial charge in [-0.3, -0.25) is 14.9 Å². The monoisotopic (exact) mass is 372 g/mol. The fourth-order valence-corrected chi connectivity index (χ4v) is 3.31. The fraction of sp³-hybridized carbons (Fsp3) is 0.400. The first kappa shape index (κ1) is 20.4. The molecule has 2 rings (SSSR count). The number of nitrogens with zero attached hydrogens (tertiary/aromatic N) is 2. The molecular formula is C20H24N2O5. The lowest BCUT2D eigenvalue weighted by atomic mass is 9.89. The van der Waals surface area contributed by atoms with Crippen LogP contribution in [0, 0.1) is 10.1 Å². The van der Waals surface area contributed by atoms with E-state index < -0.39 is 28.4 Å². The molecule has 7 heteroatoms. The second-order valence-electron chi connectivity index (χ2n) is 6.52. The van der Waals surface area contributed by atoms with Gasteiger partial charge >= 0.3 is 17.4 Å². The number of likely N-dealkylation sites (tertiary alicyclic amines) is 1. The lowest BCUT2D eigenvalue weighted by molar-refractivity contribution is -0.552. The molecule has 1 aliphatic heterocycles. The number of hydrogen-bond acceptors (Lipinski definition) is 5. The Morgan fingerprint density at radius 1 is 1.26 bits per heavy atom. The van der Waals surface area contributed by atoms with Gasteiger partial charge in [0.2, 0.25) is 0 Å². The van der Waals surface area contributed by atoms with Crippen LogP contribution in [-0.4, -0.2) is 39.8 Å². The molecular weight excluding hydrogens is 348 g/mol. The minimum atomic E-state index is -1.88. The number of nitro groups is 1. The van der Waals surface area contributed by atoms with E-state index in [2.05, 4.69) is 13.2 Å². The van der Waals surface area contributed by atoms with Gasteiger partial charge in [0.15, 0.2) is 0 Å². The average molecular weight is 372 g/mol. The molecule has 7 nitrogen and oxygen atoms in total. The van der Waals surface area contributed by atoms with E-state index >= 15 is 0 Å². The summed E-state index contributed by atoms with van der Waals surface area (Å²) in [4.78, 5) is 38.0. The number of hydrogen-bond donors (Lipinski definition) is 0. The summed E-state index contributed by atoms with van der Waals surface area (Å²) in [5.41, 5.74) is -1.05. The second-order valence-corrected chi connectivity index (χ2v) is 6.52. The van der Waals surface area contributed by atoms with Crippen LogP contribution < -0.4 is 0 Å². The number of rotatable bonds is 9. The lowest BCUT2D eigenvalue weighted by Crippen LogP contribution is -2.56. The van der Waals surface area contributed by atoms with E-state index in [-0.39, 0.29) is 26.0 Å². The highest BCUT2D eigenvalue weighted by molar-refractivity contribution is 5.90. The van der Waals surface area contributed by atoms with Crippen molar-refractivity contribution in [3.63, 3.8) is 0 Å². The Morgan fingerprint density at radius 2 is 1.89 bits per heavy atom. The van der Waals surface area contributed by atoms with Gasteiger partial charge in [-0.1, -0.05) is 42.5 Å². The highest BCUT2D eigenvalue weighted by Gasteiger charge is 2.54. The highest BCUT2D eigenvalue weighted by atomic mass is 16.6. The quantitative estimate of drug-likeness (QED) is 0.288. The predicted molar refractivity (Wildman–Crippen MR) is 100 cm³/mol. The van der Waals surface area contributed by atoms with Crippen LogP contribution in [-0.2, 0) is 20.9 Å². The summed E-state index contributed by atoms with van der Waals surface area (Å²) in [6.07, 6.45) is 3.45. The molecule has 0 saturated carbocycles. The third kappa shape index (κ3) is 4.42. The van der Waals surface area contributed by atoms with Gasteiger partial charge in [0.25, 0.3) is 0 Å². The molecule has 0 aromatic heterocycles.